The van der Waals surface area contributed by atoms with E-state index in [1.807, 2.05) is 0 Å². The fourth-order valence-electron chi connectivity index (χ4n) is 1.42. The van der Waals surface area contributed by atoms with Crippen LogP contribution in [0.25, 0.3) is 6.08 Å². The highest BCUT2D eigenvalue weighted by Crippen LogP contribution is 2.05. The zero-order chi connectivity index (χ0) is 15.9. The fourth-order valence-corrected chi connectivity index (χ4v) is 1.96. The van der Waals surface area contributed by atoms with Crippen molar-refractivity contribution < 1.29 is 23.1 Å². The molecule has 4 N–H and O–H groups in total. The molecule has 21 heavy (non-hydrogen) atoms. The number of carboxylic acid groups (broad SMARTS) is 1. The Morgan fingerprint density at radius 3 is 2.71 bits per heavy atom. The Morgan fingerprint density at radius 2 is 2.10 bits per heavy atom. The average molecular weight is 313 g/mol. The number of nitrogens with one attached hydrogen (secondary N) is 1. The number of hydrogen-bond donors (Lipinski definition) is 3. The highest BCUT2D eigenvalue weighted by molar-refractivity contribution is 7.89. The molecule has 1 rings (SSSR count). The molecule has 114 valence electrons. The first-order valence-electron chi connectivity index (χ1n) is 5.92. The van der Waals surface area contributed by atoms with Gasteiger partial charge in [0.2, 0.25) is 10.0 Å². The van der Waals surface area contributed by atoms with Gasteiger partial charge >= 0.3 is 5.97 Å². The molecule has 1 heterocycles. The van der Waals surface area contributed by atoms with Crippen LogP contribution < -0.4 is 10.5 Å². The van der Waals surface area contributed by atoms with E-state index >= 15 is 0 Å². The standard InChI is InChI=1S/C12H15N3O5S/c13-21(19,20)5-1-4-15-12(18)10-6-9(7-14-8-10)2-3-11(16)17/h2-3,6-8H,1,4-5H2,(H,15,18)(H,16,17)(H2,13,19,20). The second-order valence-corrected chi connectivity index (χ2v) is 5.89. The van der Waals surface area contributed by atoms with Gasteiger partial charge in [-0.15, -0.1) is 0 Å². The van der Waals surface area contributed by atoms with Gasteiger partial charge in [0.05, 0.1) is 11.3 Å². The Hall–Kier alpha value is -2.26. The molecule has 0 saturated carbocycles. The topological polar surface area (TPSA) is 139 Å². The van der Waals surface area contributed by atoms with E-state index in [4.69, 9.17) is 10.2 Å². The molecule has 0 bridgehead atoms. The van der Waals surface area contributed by atoms with Gasteiger partial charge < -0.3 is 10.4 Å². The maximum absolute atomic E-state index is 11.8. The van der Waals surface area contributed by atoms with E-state index in [9.17, 15) is 18.0 Å². The van der Waals surface area contributed by atoms with E-state index in [1.165, 1.54) is 24.5 Å². The van der Waals surface area contributed by atoms with Gasteiger partial charge in [-0.3, -0.25) is 9.78 Å². The summed E-state index contributed by atoms with van der Waals surface area (Å²) in [4.78, 5) is 26.0. The summed E-state index contributed by atoms with van der Waals surface area (Å²) in [7, 11) is -3.54. The SMILES string of the molecule is NS(=O)(=O)CCCNC(=O)c1cncc(C=CC(=O)O)c1. The molecular formula is C12H15N3O5S. The summed E-state index contributed by atoms with van der Waals surface area (Å²) in [6.07, 6.45) is 5.19. The largest absolute Gasteiger partial charge is 0.478 e. The average Bonchev–Trinajstić information content (AvgIpc) is 2.40. The molecule has 0 aliphatic carbocycles. The van der Waals surface area contributed by atoms with Gasteiger partial charge in [-0.1, -0.05) is 0 Å². The van der Waals surface area contributed by atoms with Crippen molar-refractivity contribution >= 4 is 28.0 Å². The zero-order valence-electron chi connectivity index (χ0n) is 11.0. The molecule has 1 amide bonds. The predicted octanol–water partition coefficient (Wildman–Crippen LogP) is -0.412. The molecule has 0 aromatic carbocycles. The van der Waals surface area contributed by atoms with Gasteiger partial charge in [-0.05, 0) is 24.1 Å². The smallest absolute Gasteiger partial charge is 0.328 e. The lowest BCUT2D eigenvalue weighted by atomic mass is 10.2. The van der Waals surface area contributed by atoms with Gasteiger partial charge in [0.1, 0.15) is 0 Å². The molecule has 0 aliphatic heterocycles. The van der Waals surface area contributed by atoms with Crippen LogP contribution in [-0.4, -0.2) is 42.7 Å². The summed E-state index contributed by atoms with van der Waals surface area (Å²) in [6, 6.07) is 1.47. The van der Waals surface area contributed by atoms with Crippen LogP contribution in [0.4, 0.5) is 0 Å². The van der Waals surface area contributed by atoms with E-state index in [1.54, 1.807) is 0 Å². The molecule has 0 aliphatic rings. The molecule has 0 spiro atoms. The lowest BCUT2D eigenvalue weighted by molar-refractivity contribution is -0.131. The summed E-state index contributed by atoms with van der Waals surface area (Å²) in [5.74, 6) is -1.75. The van der Waals surface area contributed by atoms with Crippen molar-refractivity contribution in [2.45, 2.75) is 6.42 Å². The minimum absolute atomic E-state index is 0.157. The second kappa shape index (κ2) is 7.50. The van der Waals surface area contributed by atoms with Gasteiger partial charge in [0.15, 0.2) is 0 Å². The molecule has 9 heteroatoms. The maximum atomic E-state index is 11.8. The summed E-state index contributed by atoms with van der Waals surface area (Å²) in [6.45, 7) is 0.157. The summed E-state index contributed by atoms with van der Waals surface area (Å²) < 4.78 is 21.4. The molecule has 0 fully saturated rings. The third kappa shape index (κ3) is 7.18. The van der Waals surface area contributed by atoms with Crippen molar-refractivity contribution in [2.24, 2.45) is 5.14 Å². The maximum Gasteiger partial charge on any atom is 0.328 e. The number of amides is 1. The molecule has 1 aromatic heterocycles. The number of pyridine rings is 1. The number of carbonyl (C=O) groups excluding carboxylic acids is 1. The number of aromatic nitrogens is 1. The second-order valence-electron chi connectivity index (χ2n) is 4.15. The number of rotatable bonds is 7. The highest BCUT2D eigenvalue weighted by atomic mass is 32.2. The molecule has 1 aromatic rings. The Balaban J connectivity index is 2.58. The van der Waals surface area contributed by atoms with Crippen LogP contribution in [0.2, 0.25) is 0 Å². The van der Waals surface area contributed by atoms with Crippen LogP contribution in [0.1, 0.15) is 22.3 Å². The van der Waals surface area contributed by atoms with Crippen LogP contribution in [-0.2, 0) is 14.8 Å². The molecular weight excluding hydrogens is 298 g/mol. The van der Waals surface area contributed by atoms with Crippen LogP contribution in [0, 0.1) is 0 Å². The first kappa shape index (κ1) is 16.8. The number of primary sulfonamides is 1. The Morgan fingerprint density at radius 1 is 1.38 bits per heavy atom. The molecule has 8 nitrogen and oxygen atoms in total. The third-order valence-corrected chi connectivity index (χ3v) is 3.19. The lowest BCUT2D eigenvalue weighted by Gasteiger charge is -2.05. The fraction of sp³-hybridized carbons (Fsp3) is 0.250. The van der Waals surface area contributed by atoms with Crippen molar-refractivity contribution in [3.8, 4) is 0 Å². The number of carboxylic acids is 1. The van der Waals surface area contributed by atoms with Gasteiger partial charge in [-0.2, -0.15) is 0 Å². The number of hydrogen-bond acceptors (Lipinski definition) is 5. The van der Waals surface area contributed by atoms with Gasteiger partial charge in [0.25, 0.3) is 5.91 Å². The van der Waals surface area contributed by atoms with E-state index in [0.717, 1.165) is 6.08 Å². The van der Waals surface area contributed by atoms with Crippen LogP contribution >= 0.6 is 0 Å². The van der Waals surface area contributed by atoms with Crippen LogP contribution in [0.15, 0.2) is 24.5 Å². The number of nitrogens with zero attached hydrogens (tertiary/aromatic N) is 1. The third-order valence-electron chi connectivity index (χ3n) is 2.33. The normalized spacial score (nSPS) is 11.5. The minimum Gasteiger partial charge on any atom is -0.478 e. The number of aliphatic carboxylic acids is 1. The number of sulfonamides is 1. The van der Waals surface area contributed by atoms with Crippen molar-refractivity contribution in [2.75, 3.05) is 12.3 Å². The zero-order valence-corrected chi connectivity index (χ0v) is 11.8. The summed E-state index contributed by atoms with van der Waals surface area (Å²) in [5, 5.41) is 15.9. The van der Waals surface area contributed by atoms with Crippen molar-refractivity contribution in [1.82, 2.24) is 10.3 Å². The van der Waals surface area contributed by atoms with Crippen molar-refractivity contribution in [3.63, 3.8) is 0 Å². The molecule has 0 saturated heterocycles. The first-order valence-corrected chi connectivity index (χ1v) is 7.64. The Kier molecular flexibility index (Phi) is 6.00. The molecule has 0 atom stereocenters. The van der Waals surface area contributed by atoms with E-state index in [0.29, 0.717) is 5.56 Å². The Labute approximate surface area is 121 Å². The van der Waals surface area contributed by atoms with Crippen molar-refractivity contribution in [1.29, 1.82) is 0 Å². The minimum atomic E-state index is -3.54. The van der Waals surface area contributed by atoms with E-state index in [2.05, 4.69) is 10.3 Å². The Bertz CT molecular complexity index is 655. The van der Waals surface area contributed by atoms with E-state index < -0.39 is 21.9 Å². The molecule has 0 radical (unpaired) electrons. The summed E-state index contributed by atoms with van der Waals surface area (Å²) >= 11 is 0. The number of nitrogens with two attached hydrogens (primary N) is 1. The van der Waals surface area contributed by atoms with Gasteiger partial charge in [0, 0.05) is 25.0 Å². The van der Waals surface area contributed by atoms with Crippen LogP contribution in [0.3, 0.4) is 0 Å². The summed E-state index contributed by atoms with van der Waals surface area (Å²) in [5.41, 5.74) is 0.715. The predicted molar refractivity (Wildman–Crippen MR) is 75.8 cm³/mol. The number of carbonyl (C=O) groups is 2. The highest BCUT2D eigenvalue weighted by Gasteiger charge is 2.07. The molecule has 0 unspecified atom stereocenters. The van der Waals surface area contributed by atoms with Crippen LogP contribution in [0.5, 0.6) is 0 Å². The lowest BCUT2D eigenvalue weighted by Crippen LogP contribution is -2.27. The first-order chi connectivity index (χ1) is 9.78. The quantitative estimate of drug-likeness (QED) is 0.462. The van der Waals surface area contributed by atoms with E-state index in [-0.39, 0.29) is 24.3 Å². The monoisotopic (exact) mass is 313 g/mol. The van der Waals surface area contributed by atoms with Crippen molar-refractivity contribution in [3.05, 3.63) is 35.7 Å². The van der Waals surface area contributed by atoms with Gasteiger partial charge in [-0.25, -0.2) is 18.4 Å².